The maximum absolute atomic E-state index is 12.2. The van der Waals surface area contributed by atoms with Crippen LogP contribution in [0.15, 0.2) is 29.2 Å². The van der Waals surface area contributed by atoms with Crippen molar-refractivity contribution in [3.63, 3.8) is 0 Å². The van der Waals surface area contributed by atoms with Crippen molar-refractivity contribution in [2.45, 2.75) is 25.7 Å². The molecule has 0 aliphatic heterocycles. The van der Waals surface area contributed by atoms with E-state index < -0.39 is 10.0 Å². The van der Waals surface area contributed by atoms with Crippen molar-refractivity contribution >= 4 is 38.1 Å². The van der Waals surface area contributed by atoms with E-state index in [0.29, 0.717) is 10.8 Å². The number of anilines is 2. The number of hydrogen-bond donors (Lipinski definition) is 2. The number of amides is 1. The van der Waals surface area contributed by atoms with Gasteiger partial charge in [-0.15, -0.1) is 11.3 Å². The van der Waals surface area contributed by atoms with Gasteiger partial charge in [-0.3, -0.25) is 9.52 Å². The van der Waals surface area contributed by atoms with Gasteiger partial charge in [-0.25, -0.2) is 13.4 Å². The standard InChI is InChI=1S/C13H15N3O3S2/c1-8-9(2)20-13(14-8)16-21(18,19)12-6-4-11(5-7-12)15-10(3)17/h4-7H,1-3H3,(H,14,16)(H,15,17). The van der Waals surface area contributed by atoms with E-state index in [1.165, 1.54) is 42.5 Å². The van der Waals surface area contributed by atoms with Gasteiger partial charge in [0, 0.05) is 17.5 Å². The average Bonchev–Trinajstić information content (AvgIpc) is 2.67. The minimum Gasteiger partial charge on any atom is -0.326 e. The lowest BCUT2D eigenvalue weighted by Gasteiger charge is -2.06. The molecule has 6 nitrogen and oxygen atoms in total. The Morgan fingerprint density at radius 3 is 2.29 bits per heavy atom. The molecule has 1 aromatic carbocycles. The van der Waals surface area contributed by atoms with Crippen molar-refractivity contribution < 1.29 is 13.2 Å². The number of aromatic nitrogens is 1. The maximum Gasteiger partial charge on any atom is 0.263 e. The van der Waals surface area contributed by atoms with Gasteiger partial charge in [0.2, 0.25) is 5.91 Å². The summed E-state index contributed by atoms with van der Waals surface area (Å²) < 4.78 is 26.9. The number of thiazole rings is 1. The van der Waals surface area contributed by atoms with Crippen molar-refractivity contribution in [3.8, 4) is 0 Å². The summed E-state index contributed by atoms with van der Waals surface area (Å²) in [6.45, 7) is 5.10. The van der Waals surface area contributed by atoms with Crippen molar-refractivity contribution in [1.29, 1.82) is 0 Å². The lowest BCUT2D eigenvalue weighted by atomic mass is 10.3. The molecular formula is C13H15N3O3S2. The molecule has 0 atom stereocenters. The van der Waals surface area contributed by atoms with Crippen molar-refractivity contribution in [3.05, 3.63) is 34.8 Å². The van der Waals surface area contributed by atoms with Gasteiger partial charge in [0.1, 0.15) is 0 Å². The van der Waals surface area contributed by atoms with E-state index in [4.69, 9.17) is 0 Å². The van der Waals surface area contributed by atoms with Crippen molar-refractivity contribution in [2.24, 2.45) is 0 Å². The van der Waals surface area contributed by atoms with Gasteiger partial charge in [-0.1, -0.05) is 0 Å². The molecule has 0 fully saturated rings. The minimum absolute atomic E-state index is 0.113. The molecule has 1 heterocycles. The van der Waals surface area contributed by atoms with Crippen LogP contribution >= 0.6 is 11.3 Å². The van der Waals surface area contributed by atoms with Gasteiger partial charge >= 0.3 is 0 Å². The van der Waals surface area contributed by atoms with Gasteiger partial charge < -0.3 is 5.32 Å². The highest BCUT2D eigenvalue weighted by molar-refractivity contribution is 7.93. The molecule has 0 aliphatic rings. The highest BCUT2D eigenvalue weighted by Gasteiger charge is 2.16. The second kappa shape index (κ2) is 5.82. The second-order valence-corrected chi connectivity index (χ2v) is 7.36. The summed E-state index contributed by atoms with van der Waals surface area (Å²) in [5, 5.41) is 2.92. The summed E-state index contributed by atoms with van der Waals surface area (Å²) in [7, 11) is -3.68. The molecule has 8 heteroatoms. The minimum atomic E-state index is -3.68. The van der Waals surface area contributed by atoms with Gasteiger partial charge in [-0.2, -0.15) is 0 Å². The summed E-state index contributed by atoms with van der Waals surface area (Å²) in [5.74, 6) is -0.211. The van der Waals surface area contributed by atoms with Crippen LogP contribution in [-0.2, 0) is 14.8 Å². The molecule has 1 aromatic heterocycles. The summed E-state index contributed by atoms with van der Waals surface area (Å²) in [6.07, 6.45) is 0. The number of aryl methyl sites for hydroxylation is 2. The Hall–Kier alpha value is -1.93. The molecule has 2 rings (SSSR count). The van der Waals surface area contributed by atoms with Crippen LogP contribution in [0.3, 0.4) is 0 Å². The Labute approximate surface area is 127 Å². The predicted octanol–water partition coefficient (Wildman–Crippen LogP) is 2.52. The number of nitrogens with one attached hydrogen (secondary N) is 2. The van der Waals surface area contributed by atoms with E-state index in [0.717, 1.165) is 10.6 Å². The molecule has 0 unspecified atom stereocenters. The Balaban J connectivity index is 2.21. The molecule has 21 heavy (non-hydrogen) atoms. The Morgan fingerprint density at radius 1 is 1.19 bits per heavy atom. The Bertz CT molecular complexity index is 745. The summed E-state index contributed by atoms with van der Waals surface area (Å²) in [6, 6.07) is 5.94. The monoisotopic (exact) mass is 325 g/mol. The molecule has 0 aliphatic carbocycles. The fraction of sp³-hybridized carbons (Fsp3) is 0.231. The molecule has 0 saturated heterocycles. The van der Waals surface area contributed by atoms with Crippen molar-refractivity contribution in [1.82, 2.24) is 4.98 Å². The zero-order valence-electron chi connectivity index (χ0n) is 11.8. The first-order valence-electron chi connectivity index (χ1n) is 6.12. The summed E-state index contributed by atoms with van der Waals surface area (Å²) >= 11 is 1.29. The Kier molecular flexibility index (Phi) is 4.29. The van der Waals surface area contributed by atoms with Gasteiger partial charge in [0.15, 0.2) is 5.13 Å². The van der Waals surface area contributed by atoms with E-state index in [1.807, 2.05) is 13.8 Å². The number of rotatable bonds is 4. The SMILES string of the molecule is CC(=O)Nc1ccc(S(=O)(=O)Nc2nc(C)c(C)s2)cc1. The van der Waals surface area contributed by atoms with Crippen LogP contribution in [-0.4, -0.2) is 19.3 Å². The molecular weight excluding hydrogens is 310 g/mol. The smallest absolute Gasteiger partial charge is 0.263 e. The number of carbonyl (C=O) groups is 1. The first kappa shape index (κ1) is 15.5. The molecule has 2 N–H and O–H groups in total. The van der Waals surface area contributed by atoms with Crippen LogP contribution in [0.5, 0.6) is 0 Å². The highest BCUT2D eigenvalue weighted by atomic mass is 32.2. The van der Waals surface area contributed by atoms with Gasteiger partial charge in [0.05, 0.1) is 10.6 Å². The fourth-order valence-electron chi connectivity index (χ4n) is 1.61. The van der Waals surface area contributed by atoms with Gasteiger partial charge in [-0.05, 0) is 38.1 Å². The quantitative estimate of drug-likeness (QED) is 0.904. The lowest BCUT2D eigenvalue weighted by molar-refractivity contribution is -0.114. The predicted molar refractivity (Wildman–Crippen MR) is 83.1 cm³/mol. The van der Waals surface area contributed by atoms with Crippen LogP contribution in [0.4, 0.5) is 10.8 Å². The van der Waals surface area contributed by atoms with Crippen LogP contribution in [0.2, 0.25) is 0 Å². The molecule has 0 bridgehead atoms. The molecule has 1 amide bonds. The topological polar surface area (TPSA) is 88.2 Å². The zero-order valence-corrected chi connectivity index (χ0v) is 13.4. The van der Waals surface area contributed by atoms with Crippen LogP contribution in [0.25, 0.3) is 0 Å². The fourth-order valence-corrected chi connectivity index (χ4v) is 3.66. The summed E-state index contributed by atoms with van der Waals surface area (Å²) in [4.78, 5) is 16.2. The van der Waals surface area contributed by atoms with E-state index in [-0.39, 0.29) is 10.8 Å². The van der Waals surface area contributed by atoms with E-state index in [2.05, 4.69) is 15.0 Å². The number of hydrogen-bond acceptors (Lipinski definition) is 5. The maximum atomic E-state index is 12.2. The van der Waals surface area contributed by atoms with Crippen LogP contribution in [0.1, 0.15) is 17.5 Å². The molecule has 0 radical (unpaired) electrons. The third-order valence-corrected chi connectivity index (χ3v) is 5.21. The van der Waals surface area contributed by atoms with Gasteiger partial charge in [0.25, 0.3) is 10.0 Å². The van der Waals surface area contributed by atoms with Crippen LogP contribution < -0.4 is 10.0 Å². The van der Waals surface area contributed by atoms with Crippen LogP contribution in [0, 0.1) is 13.8 Å². The lowest BCUT2D eigenvalue weighted by Crippen LogP contribution is -2.13. The average molecular weight is 325 g/mol. The molecule has 2 aromatic rings. The molecule has 112 valence electrons. The Morgan fingerprint density at radius 2 is 1.81 bits per heavy atom. The third kappa shape index (κ3) is 3.79. The zero-order chi connectivity index (χ0) is 15.6. The number of carbonyl (C=O) groups excluding carboxylic acids is 1. The largest absolute Gasteiger partial charge is 0.326 e. The highest BCUT2D eigenvalue weighted by Crippen LogP contribution is 2.24. The normalized spacial score (nSPS) is 11.2. The summed E-state index contributed by atoms with van der Waals surface area (Å²) in [5.41, 5.74) is 1.35. The first-order chi connectivity index (χ1) is 9.78. The number of sulfonamides is 1. The van der Waals surface area contributed by atoms with E-state index >= 15 is 0 Å². The second-order valence-electron chi connectivity index (χ2n) is 4.47. The number of nitrogens with zero attached hydrogens (tertiary/aromatic N) is 1. The first-order valence-corrected chi connectivity index (χ1v) is 8.42. The van der Waals surface area contributed by atoms with E-state index in [1.54, 1.807) is 0 Å². The molecule has 0 saturated carbocycles. The number of benzene rings is 1. The van der Waals surface area contributed by atoms with Crippen molar-refractivity contribution in [2.75, 3.05) is 10.0 Å². The van der Waals surface area contributed by atoms with E-state index in [9.17, 15) is 13.2 Å². The third-order valence-electron chi connectivity index (χ3n) is 2.74. The molecule has 0 spiro atoms.